The van der Waals surface area contributed by atoms with Crippen molar-refractivity contribution in [3.05, 3.63) is 75.3 Å². The smallest absolute Gasteiger partial charge is 0.258 e. The molecule has 0 saturated heterocycles. The summed E-state index contributed by atoms with van der Waals surface area (Å²) in [6.07, 6.45) is 1.29. The number of tetrazole rings is 1. The van der Waals surface area contributed by atoms with E-state index >= 15 is 0 Å². The normalized spacial score (nSPS) is 11.2. The van der Waals surface area contributed by atoms with E-state index in [0.29, 0.717) is 26.3 Å². The number of nitro groups is 1. The van der Waals surface area contributed by atoms with Crippen molar-refractivity contribution in [2.75, 3.05) is 0 Å². The molecule has 0 radical (unpaired) electrons. The van der Waals surface area contributed by atoms with E-state index in [0.717, 1.165) is 11.8 Å². The van der Waals surface area contributed by atoms with Gasteiger partial charge in [0.2, 0.25) is 5.16 Å². The highest BCUT2D eigenvalue weighted by atomic mass is 35.5. The third-order valence-electron chi connectivity index (χ3n) is 3.23. The number of thioether (sulfide) groups is 1. The van der Waals surface area contributed by atoms with Crippen molar-refractivity contribution in [3.63, 3.8) is 0 Å². The Morgan fingerprint density at radius 1 is 1.31 bits per heavy atom. The number of halogens is 1. The predicted molar refractivity (Wildman–Crippen MR) is 96.7 cm³/mol. The van der Waals surface area contributed by atoms with Crippen LogP contribution in [0.3, 0.4) is 0 Å². The standard InChI is InChI=1S/C16H9ClN6O2S/c17-12-4-2-5-13(10-12)22-16(19-20-21-22)26-15(7-8-18)11-3-1-6-14(9-11)23(24)25/h1-7,9-10H/b15-7+. The minimum absolute atomic E-state index is 0.0682. The number of non-ortho nitro benzene ring substituents is 1. The van der Waals surface area contributed by atoms with Crippen LogP contribution in [0.25, 0.3) is 10.6 Å². The molecular weight excluding hydrogens is 376 g/mol. The Bertz CT molecular complexity index is 1040. The average molecular weight is 385 g/mol. The van der Waals surface area contributed by atoms with Gasteiger partial charge in [-0.05, 0) is 46.0 Å². The molecule has 1 aromatic heterocycles. The number of hydrogen-bond acceptors (Lipinski definition) is 7. The second kappa shape index (κ2) is 7.77. The number of allylic oxidation sites excluding steroid dienone is 1. The Labute approximate surface area is 156 Å². The number of nitro benzene ring substituents is 1. The molecule has 0 aliphatic carbocycles. The van der Waals surface area contributed by atoms with E-state index in [4.69, 9.17) is 16.9 Å². The molecule has 128 valence electrons. The third-order valence-corrected chi connectivity index (χ3v) is 4.48. The van der Waals surface area contributed by atoms with Gasteiger partial charge in [0.25, 0.3) is 5.69 Å². The summed E-state index contributed by atoms with van der Waals surface area (Å²) >= 11 is 7.13. The maximum Gasteiger partial charge on any atom is 0.270 e. The molecule has 0 amide bonds. The first-order valence-electron chi connectivity index (χ1n) is 7.15. The molecule has 0 spiro atoms. The van der Waals surface area contributed by atoms with Crippen molar-refractivity contribution < 1.29 is 4.92 Å². The lowest BCUT2D eigenvalue weighted by molar-refractivity contribution is -0.384. The second-order valence-electron chi connectivity index (χ2n) is 4.90. The van der Waals surface area contributed by atoms with Gasteiger partial charge in [-0.3, -0.25) is 10.1 Å². The number of nitrogens with zero attached hydrogens (tertiary/aromatic N) is 6. The highest BCUT2D eigenvalue weighted by Gasteiger charge is 2.15. The van der Waals surface area contributed by atoms with Gasteiger partial charge >= 0.3 is 0 Å². The summed E-state index contributed by atoms with van der Waals surface area (Å²) < 4.78 is 1.47. The molecular formula is C16H9ClN6O2S. The number of rotatable bonds is 5. The summed E-state index contributed by atoms with van der Waals surface area (Å²) in [5.74, 6) is 0. The SMILES string of the molecule is N#C/C=C(/Sc1nnnn1-c1cccc(Cl)c1)c1cccc([N+](=O)[O-])c1. The zero-order chi connectivity index (χ0) is 18.5. The molecule has 26 heavy (non-hydrogen) atoms. The molecule has 0 fully saturated rings. The fourth-order valence-electron chi connectivity index (χ4n) is 2.11. The van der Waals surface area contributed by atoms with E-state index in [1.165, 1.54) is 22.9 Å². The van der Waals surface area contributed by atoms with Crippen molar-refractivity contribution in [2.45, 2.75) is 5.16 Å². The number of nitriles is 1. The van der Waals surface area contributed by atoms with Crippen LogP contribution in [0.15, 0.2) is 59.8 Å². The minimum Gasteiger partial charge on any atom is -0.258 e. The van der Waals surface area contributed by atoms with Crippen LogP contribution in [0, 0.1) is 21.4 Å². The van der Waals surface area contributed by atoms with Crippen molar-refractivity contribution in [1.82, 2.24) is 20.2 Å². The van der Waals surface area contributed by atoms with Crippen molar-refractivity contribution in [3.8, 4) is 11.8 Å². The Balaban J connectivity index is 1.98. The van der Waals surface area contributed by atoms with Gasteiger partial charge in [-0.2, -0.15) is 9.94 Å². The first kappa shape index (κ1) is 17.6. The lowest BCUT2D eigenvalue weighted by Gasteiger charge is -2.07. The molecule has 2 aromatic carbocycles. The van der Waals surface area contributed by atoms with E-state index in [2.05, 4.69) is 15.5 Å². The van der Waals surface area contributed by atoms with Crippen LogP contribution >= 0.6 is 23.4 Å². The molecule has 8 nitrogen and oxygen atoms in total. The fourth-order valence-corrected chi connectivity index (χ4v) is 3.16. The zero-order valence-electron chi connectivity index (χ0n) is 13.0. The van der Waals surface area contributed by atoms with Gasteiger partial charge in [-0.15, -0.1) is 5.10 Å². The van der Waals surface area contributed by atoms with Gasteiger partial charge < -0.3 is 0 Å². The first-order valence-corrected chi connectivity index (χ1v) is 8.34. The molecule has 0 aliphatic heterocycles. The van der Waals surface area contributed by atoms with Gasteiger partial charge in [0.05, 0.1) is 16.7 Å². The fraction of sp³-hybridized carbons (Fsp3) is 0. The van der Waals surface area contributed by atoms with E-state index < -0.39 is 4.92 Å². The lowest BCUT2D eigenvalue weighted by Crippen LogP contribution is -1.99. The summed E-state index contributed by atoms with van der Waals surface area (Å²) in [6.45, 7) is 0. The highest BCUT2D eigenvalue weighted by molar-refractivity contribution is 8.08. The van der Waals surface area contributed by atoms with Crippen LogP contribution < -0.4 is 0 Å². The Morgan fingerprint density at radius 3 is 2.85 bits per heavy atom. The molecule has 1 heterocycles. The van der Waals surface area contributed by atoms with E-state index in [9.17, 15) is 10.1 Å². The van der Waals surface area contributed by atoms with Gasteiger partial charge in [-0.1, -0.05) is 29.8 Å². The first-order chi connectivity index (χ1) is 12.6. The summed E-state index contributed by atoms with van der Waals surface area (Å²) in [6, 6.07) is 14.9. The Kier molecular flexibility index (Phi) is 5.26. The van der Waals surface area contributed by atoms with Gasteiger partial charge in [0.1, 0.15) is 0 Å². The highest BCUT2D eigenvalue weighted by Crippen LogP contribution is 2.35. The molecule has 0 saturated carbocycles. The van der Waals surface area contributed by atoms with Crippen molar-refractivity contribution in [1.29, 1.82) is 5.26 Å². The molecule has 0 N–H and O–H groups in total. The number of benzene rings is 2. The van der Waals surface area contributed by atoms with Crippen LogP contribution in [0.5, 0.6) is 0 Å². The average Bonchev–Trinajstić information content (AvgIpc) is 3.10. The van der Waals surface area contributed by atoms with Gasteiger partial charge in [-0.25, -0.2) is 0 Å². The molecule has 0 bridgehead atoms. The van der Waals surface area contributed by atoms with Crippen LogP contribution in [0.2, 0.25) is 5.02 Å². The Morgan fingerprint density at radius 2 is 2.12 bits per heavy atom. The van der Waals surface area contributed by atoms with E-state index in [1.54, 1.807) is 36.4 Å². The van der Waals surface area contributed by atoms with Crippen LogP contribution in [0.1, 0.15) is 5.56 Å². The molecule has 0 atom stereocenters. The molecule has 3 rings (SSSR count). The molecule has 10 heteroatoms. The summed E-state index contributed by atoms with van der Waals surface area (Å²) in [5, 5.41) is 32.5. The van der Waals surface area contributed by atoms with Crippen LogP contribution in [-0.2, 0) is 0 Å². The quantitative estimate of drug-likeness (QED) is 0.284. The largest absolute Gasteiger partial charge is 0.270 e. The lowest BCUT2D eigenvalue weighted by atomic mass is 10.2. The summed E-state index contributed by atoms with van der Waals surface area (Å²) in [4.78, 5) is 11.0. The predicted octanol–water partition coefficient (Wildman–Crippen LogP) is 3.88. The molecule has 3 aromatic rings. The summed E-state index contributed by atoms with van der Waals surface area (Å²) in [7, 11) is 0. The zero-order valence-corrected chi connectivity index (χ0v) is 14.6. The summed E-state index contributed by atoms with van der Waals surface area (Å²) in [5.41, 5.74) is 1.10. The molecule has 0 aliphatic rings. The monoisotopic (exact) mass is 384 g/mol. The third kappa shape index (κ3) is 3.88. The molecule has 0 unspecified atom stereocenters. The second-order valence-corrected chi connectivity index (χ2v) is 6.35. The maximum absolute atomic E-state index is 11.0. The van der Waals surface area contributed by atoms with Crippen molar-refractivity contribution >= 4 is 34.0 Å². The topological polar surface area (TPSA) is 111 Å². The number of aromatic nitrogens is 4. The maximum atomic E-state index is 11.0. The van der Waals surface area contributed by atoms with Crippen LogP contribution in [-0.4, -0.2) is 25.1 Å². The number of hydrogen-bond donors (Lipinski definition) is 0. The van der Waals surface area contributed by atoms with Crippen LogP contribution in [0.4, 0.5) is 5.69 Å². The van der Waals surface area contributed by atoms with Crippen molar-refractivity contribution in [2.24, 2.45) is 0 Å². The van der Waals surface area contributed by atoms with E-state index in [1.807, 2.05) is 6.07 Å². The Hall–Kier alpha value is -3.22. The van der Waals surface area contributed by atoms with Gasteiger partial charge in [0, 0.05) is 28.1 Å². The minimum atomic E-state index is -0.492. The van der Waals surface area contributed by atoms with Gasteiger partial charge in [0.15, 0.2) is 0 Å². The van der Waals surface area contributed by atoms with E-state index in [-0.39, 0.29) is 5.69 Å².